The second kappa shape index (κ2) is 6.46. The molecule has 132 valence electrons. The van der Waals surface area contributed by atoms with Gasteiger partial charge in [-0.15, -0.1) is 0 Å². The van der Waals surface area contributed by atoms with Crippen molar-refractivity contribution in [1.82, 2.24) is 4.72 Å². The summed E-state index contributed by atoms with van der Waals surface area (Å²) in [5.74, 6) is -0.0704. The van der Waals surface area contributed by atoms with Gasteiger partial charge in [-0.3, -0.25) is 4.79 Å². The molecule has 2 aliphatic rings. The van der Waals surface area contributed by atoms with Gasteiger partial charge >= 0.3 is 0 Å². The van der Waals surface area contributed by atoms with Crippen LogP contribution in [0.25, 0.3) is 0 Å². The van der Waals surface area contributed by atoms with Crippen molar-refractivity contribution in [2.24, 2.45) is 5.73 Å². The number of nitrogens with one attached hydrogen (secondary N) is 1. The first-order chi connectivity index (χ1) is 11.4. The molecule has 0 bridgehead atoms. The van der Waals surface area contributed by atoms with E-state index >= 15 is 0 Å². The van der Waals surface area contributed by atoms with Crippen molar-refractivity contribution >= 4 is 21.6 Å². The molecule has 0 saturated heterocycles. The molecule has 3 rings (SSSR count). The Morgan fingerprint density at radius 3 is 2.67 bits per heavy atom. The Bertz CT molecular complexity index is 739. The number of sulfonamides is 1. The van der Waals surface area contributed by atoms with Gasteiger partial charge in [0.25, 0.3) is 0 Å². The predicted molar refractivity (Wildman–Crippen MR) is 93.4 cm³/mol. The van der Waals surface area contributed by atoms with Crippen LogP contribution in [-0.4, -0.2) is 33.0 Å². The Morgan fingerprint density at radius 2 is 2.00 bits per heavy atom. The minimum absolute atomic E-state index is 0.0704. The zero-order valence-corrected chi connectivity index (χ0v) is 14.9. The summed E-state index contributed by atoms with van der Waals surface area (Å²) in [5, 5.41) is 0. The van der Waals surface area contributed by atoms with Crippen molar-refractivity contribution < 1.29 is 13.2 Å². The quantitative estimate of drug-likeness (QED) is 0.860. The largest absolute Gasteiger partial charge is 0.317 e. The summed E-state index contributed by atoms with van der Waals surface area (Å²) in [6.45, 7) is 2.63. The average molecular weight is 351 g/mol. The van der Waals surface area contributed by atoms with E-state index in [0.717, 1.165) is 31.2 Å². The standard InChI is InChI=1S/C17H25N3O3S/c1-2-19-24(22,23)14-7-6-13-8-11-20(15(13)12-14)16(21)17(18)9-4-3-5-10-17/h6-7,12,19H,2-5,8-11,18H2,1H3. The number of rotatable bonds is 4. The summed E-state index contributed by atoms with van der Waals surface area (Å²) >= 11 is 0. The van der Waals surface area contributed by atoms with Crippen LogP contribution in [0.2, 0.25) is 0 Å². The molecule has 0 radical (unpaired) electrons. The van der Waals surface area contributed by atoms with Gasteiger partial charge in [0.2, 0.25) is 15.9 Å². The maximum Gasteiger partial charge on any atom is 0.247 e. The molecule has 1 saturated carbocycles. The second-order valence-corrected chi connectivity index (χ2v) is 8.48. The highest BCUT2D eigenvalue weighted by Gasteiger charge is 2.40. The molecule has 0 atom stereocenters. The number of nitrogens with two attached hydrogens (primary N) is 1. The minimum Gasteiger partial charge on any atom is -0.317 e. The predicted octanol–water partition coefficient (Wildman–Crippen LogP) is 1.54. The molecule has 24 heavy (non-hydrogen) atoms. The minimum atomic E-state index is -3.54. The number of fused-ring (bicyclic) bond motifs is 1. The van der Waals surface area contributed by atoms with Gasteiger partial charge in [-0.05, 0) is 37.0 Å². The molecule has 1 aromatic rings. The Labute approximate surface area is 143 Å². The normalized spacial score (nSPS) is 20.0. The zero-order valence-electron chi connectivity index (χ0n) is 14.0. The molecule has 1 aromatic carbocycles. The van der Waals surface area contributed by atoms with E-state index in [4.69, 9.17) is 5.73 Å². The van der Waals surface area contributed by atoms with Gasteiger partial charge in [0.1, 0.15) is 0 Å². The highest BCUT2D eigenvalue weighted by Crippen LogP contribution is 2.35. The van der Waals surface area contributed by atoms with E-state index in [1.165, 1.54) is 0 Å². The fraction of sp³-hybridized carbons (Fsp3) is 0.588. The van der Waals surface area contributed by atoms with Gasteiger partial charge in [-0.25, -0.2) is 13.1 Å². The van der Waals surface area contributed by atoms with Crippen molar-refractivity contribution in [2.75, 3.05) is 18.0 Å². The molecular formula is C17H25N3O3S. The SMILES string of the molecule is CCNS(=O)(=O)c1ccc2c(c1)N(C(=O)C1(N)CCCCC1)CC2. The van der Waals surface area contributed by atoms with Crippen molar-refractivity contribution in [2.45, 2.75) is 55.9 Å². The highest BCUT2D eigenvalue weighted by atomic mass is 32.2. The third kappa shape index (κ3) is 3.08. The molecule has 1 aliphatic carbocycles. The number of nitrogens with zero attached hydrogens (tertiary/aromatic N) is 1. The number of carbonyl (C=O) groups is 1. The van der Waals surface area contributed by atoms with Gasteiger partial charge in [0.15, 0.2) is 0 Å². The van der Waals surface area contributed by atoms with Crippen LogP contribution in [0, 0.1) is 0 Å². The first-order valence-corrected chi connectivity index (χ1v) is 10.1. The Hall–Kier alpha value is -1.44. The monoisotopic (exact) mass is 351 g/mol. The lowest BCUT2D eigenvalue weighted by molar-refractivity contribution is -0.124. The number of hydrogen-bond donors (Lipinski definition) is 2. The van der Waals surface area contributed by atoms with Crippen LogP contribution < -0.4 is 15.4 Å². The van der Waals surface area contributed by atoms with E-state index in [1.807, 2.05) is 0 Å². The number of anilines is 1. The summed E-state index contributed by atoms with van der Waals surface area (Å²) in [7, 11) is -3.54. The molecule has 1 aliphatic heterocycles. The van der Waals surface area contributed by atoms with Crippen LogP contribution in [0.4, 0.5) is 5.69 Å². The topological polar surface area (TPSA) is 92.5 Å². The summed E-state index contributed by atoms with van der Waals surface area (Å²) in [6, 6.07) is 5.00. The van der Waals surface area contributed by atoms with Crippen LogP contribution in [0.5, 0.6) is 0 Å². The van der Waals surface area contributed by atoms with Gasteiger partial charge in [-0.1, -0.05) is 32.3 Å². The first-order valence-electron chi connectivity index (χ1n) is 8.61. The fourth-order valence-corrected chi connectivity index (χ4v) is 4.74. The summed E-state index contributed by atoms with van der Waals surface area (Å²) in [4.78, 5) is 14.9. The van der Waals surface area contributed by atoms with Crippen molar-refractivity contribution in [3.8, 4) is 0 Å². The number of hydrogen-bond acceptors (Lipinski definition) is 4. The third-order valence-electron chi connectivity index (χ3n) is 5.01. The van der Waals surface area contributed by atoms with Gasteiger partial charge in [0.05, 0.1) is 10.4 Å². The molecule has 0 spiro atoms. The van der Waals surface area contributed by atoms with E-state index in [0.29, 0.717) is 31.6 Å². The smallest absolute Gasteiger partial charge is 0.247 e. The summed E-state index contributed by atoms with van der Waals surface area (Å²) in [6.07, 6.45) is 5.20. The molecular weight excluding hydrogens is 326 g/mol. The third-order valence-corrected chi connectivity index (χ3v) is 6.56. The first kappa shape index (κ1) is 17.4. The van der Waals surface area contributed by atoms with Crippen molar-refractivity contribution in [3.63, 3.8) is 0 Å². The molecule has 0 aromatic heterocycles. The van der Waals surface area contributed by atoms with E-state index in [9.17, 15) is 13.2 Å². The zero-order chi connectivity index (χ0) is 17.4. The van der Waals surface area contributed by atoms with E-state index in [1.54, 1.807) is 30.0 Å². The maximum absolute atomic E-state index is 13.0. The van der Waals surface area contributed by atoms with Gasteiger partial charge < -0.3 is 10.6 Å². The van der Waals surface area contributed by atoms with E-state index in [-0.39, 0.29) is 10.8 Å². The molecule has 1 amide bonds. The van der Waals surface area contributed by atoms with Crippen LogP contribution >= 0.6 is 0 Å². The molecule has 0 unspecified atom stereocenters. The highest BCUT2D eigenvalue weighted by molar-refractivity contribution is 7.89. The summed E-state index contributed by atoms with van der Waals surface area (Å²) < 4.78 is 27.0. The number of amides is 1. The van der Waals surface area contributed by atoms with Crippen LogP contribution in [0.1, 0.15) is 44.6 Å². The lowest BCUT2D eigenvalue weighted by Crippen LogP contribution is -2.56. The van der Waals surface area contributed by atoms with Crippen molar-refractivity contribution in [1.29, 1.82) is 0 Å². The lowest BCUT2D eigenvalue weighted by Gasteiger charge is -2.35. The number of benzene rings is 1. The number of carbonyl (C=O) groups excluding carboxylic acids is 1. The van der Waals surface area contributed by atoms with Crippen LogP contribution in [-0.2, 0) is 21.2 Å². The molecule has 6 nitrogen and oxygen atoms in total. The Kier molecular flexibility index (Phi) is 4.68. The summed E-state index contributed by atoms with van der Waals surface area (Å²) in [5.41, 5.74) is 7.27. The molecule has 3 N–H and O–H groups in total. The molecule has 1 heterocycles. The Balaban J connectivity index is 1.92. The van der Waals surface area contributed by atoms with E-state index in [2.05, 4.69) is 4.72 Å². The van der Waals surface area contributed by atoms with E-state index < -0.39 is 15.6 Å². The van der Waals surface area contributed by atoms with Gasteiger partial charge in [0, 0.05) is 18.8 Å². The Morgan fingerprint density at radius 1 is 1.29 bits per heavy atom. The van der Waals surface area contributed by atoms with Crippen molar-refractivity contribution in [3.05, 3.63) is 23.8 Å². The maximum atomic E-state index is 13.0. The fourth-order valence-electron chi connectivity index (χ4n) is 3.68. The van der Waals surface area contributed by atoms with Gasteiger partial charge in [-0.2, -0.15) is 0 Å². The van der Waals surface area contributed by atoms with Crippen LogP contribution in [0.3, 0.4) is 0 Å². The second-order valence-electron chi connectivity index (χ2n) is 6.72. The average Bonchev–Trinajstić information content (AvgIpc) is 2.97. The lowest BCUT2D eigenvalue weighted by atomic mass is 9.81. The van der Waals surface area contributed by atoms with Crippen LogP contribution in [0.15, 0.2) is 23.1 Å². The molecule has 1 fully saturated rings. The molecule has 7 heteroatoms.